The normalized spacial score (nSPS) is 24.5. The average molecular weight is 282 g/mol. The number of carbonyl (C=O) groups excluding carboxylic acids is 1. The molecule has 116 valence electrons. The second kappa shape index (κ2) is 7.41. The van der Waals surface area contributed by atoms with Gasteiger partial charge in [-0.1, -0.05) is 26.2 Å². The molecule has 2 fully saturated rings. The predicted molar refractivity (Wildman–Crippen MR) is 80.7 cm³/mol. The van der Waals surface area contributed by atoms with E-state index in [0.717, 1.165) is 13.0 Å². The van der Waals surface area contributed by atoms with Crippen molar-refractivity contribution < 1.29 is 9.53 Å². The van der Waals surface area contributed by atoms with Gasteiger partial charge in [0.15, 0.2) is 0 Å². The summed E-state index contributed by atoms with van der Waals surface area (Å²) in [6, 6.07) is 0. The predicted octanol–water partition coefficient (Wildman–Crippen LogP) is 2.33. The average Bonchev–Trinajstić information content (AvgIpc) is 3.02. The molecule has 1 saturated carbocycles. The molecule has 0 aromatic heterocycles. The Balaban J connectivity index is 1.95. The molecule has 0 spiro atoms. The van der Waals surface area contributed by atoms with Crippen molar-refractivity contribution in [1.82, 2.24) is 10.2 Å². The number of hydrogen-bond donors (Lipinski definition) is 1. The zero-order chi connectivity index (χ0) is 14.4. The topological polar surface area (TPSA) is 41.6 Å². The fraction of sp³-hybridized carbons (Fsp3) is 0.938. The van der Waals surface area contributed by atoms with Crippen molar-refractivity contribution in [2.75, 3.05) is 26.7 Å². The second-order valence-electron chi connectivity index (χ2n) is 6.33. The van der Waals surface area contributed by atoms with Crippen LogP contribution in [0, 0.1) is 0 Å². The number of ether oxygens (including phenoxy) is 1. The van der Waals surface area contributed by atoms with Crippen molar-refractivity contribution >= 4 is 5.91 Å². The summed E-state index contributed by atoms with van der Waals surface area (Å²) in [7, 11) is 1.62. The van der Waals surface area contributed by atoms with Gasteiger partial charge >= 0.3 is 0 Å². The first-order valence-corrected chi connectivity index (χ1v) is 8.27. The molecule has 1 amide bonds. The summed E-state index contributed by atoms with van der Waals surface area (Å²) in [6.45, 7) is 5.20. The molecule has 0 radical (unpaired) electrons. The summed E-state index contributed by atoms with van der Waals surface area (Å²) in [4.78, 5) is 14.8. The molecular weight excluding hydrogens is 252 g/mol. The van der Waals surface area contributed by atoms with Gasteiger partial charge in [0.05, 0.1) is 0 Å². The first kappa shape index (κ1) is 15.8. The number of amides is 1. The number of likely N-dealkylation sites (tertiary alicyclic amines) is 1. The smallest absolute Gasteiger partial charge is 0.249 e. The summed E-state index contributed by atoms with van der Waals surface area (Å²) in [5, 5.41) is 3.17. The van der Waals surface area contributed by atoms with Crippen LogP contribution in [0.2, 0.25) is 0 Å². The van der Waals surface area contributed by atoms with Gasteiger partial charge in [-0.05, 0) is 45.2 Å². The first-order chi connectivity index (χ1) is 9.72. The van der Waals surface area contributed by atoms with Crippen LogP contribution in [0.1, 0.15) is 58.3 Å². The van der Waals surface area contributed by atoms with E-state index < -0.39 is 0 Å². The Labute approximate surface area is 123 Å². The van der Waals surface area contributed by atoms with E-state index in [1.165, 1.54) is 58.0 Å². The van der Waals surface area contributed by atoms with E-state index in [4.69, 9.17) is 4.74 Å². The number of nitrogens with one attached hydrogen (secondary N) is 1. The molecule has 0 unspecified atom stereocenters. The molecule has 1 aliphatic carbocycles. The third-order valence-electron chi connectivity index (χ3n) is 5.10. The molecule has 1 atom stereocenters. The zero-order valence-corrected chi connectivity index (χ0v) is 13.1. The molecule has 4 heteroatoms. The number of nitrogens with zero attached hydrogens (tertiary/aromatic N) is 1. The molecule has 1 saturated heterocycles. The van der Waals surface area contributed by atoms with Gasteiger partial charge in [-0.25, -0.2) is 0 Å². The SMILES string of the molecule is CC[C@@H](OC)C(=O)NCC1(N2CCCC2)CCCCC1. The quantitative estimate of drug-likeness (QED) is 0.813. The minimum absolute atomic E-state index is 0.0548. The lowest BCUT2D eigenvalue weighted by Gasteiger charge is -2.45. The highest BCUT2D eigenvalue weighted by Gasteiger charge is 2.39. The van der Waals surface area contributed by atoms with E-state index in [2.05, 4.69) is 10.2 Å². The molecule has 4 nitrogen and oxygen atoms in total. The fourth-order valence-electron chi connectivity index (χ4n) is 3.83. The molecule has 1 N–H and O–H groups in total. The molecule has 0 aromatic carbocycles. The van der Waals surface area contributed by atoms with Gasteiger partial charge in [0, 0.05) is 19.2 Å². The molecule has 2 aliphatic rings. The maximum Gasteiger partial charge on any atom is 0.249 e. The maximum atomic E-state index is 12.2. The molecular formula is C16H30N2O2. The van der Waals surface area contributed by atoms with E-state index in [1.807, 2.05) is 6.92 Å². The lowest BCUT2D eigenvalue weighted by atomic mass is 9.80. The molecule has 20 heavy (non-hydrogen) atoms. The van der Waals surface area contributed by atoms with Gasteiger partial charge in [0.25, 0.3) is 0 Å². The lowest BCUT2D eigenvalue weighted by Crippen LogP contribution is -2.56. The zero-order valence-electron chi connectivity index (χ0n) is 13.1. The highest BCUT2D eigenvalue weighted by atomic mass is 16.5. The third-order valence-corrected chi connectivity index (χ3v) is 5.10. The van der Waals surface area contributed by atoms with Crippen molar-refractivity contribution in [3.05, 3.63) is 0 Å². The van der Waals surface area contributed by atoms with Crippen LogP contribution >= 0.6 is 0 Å². The van der Waals surface area contributed by atoms with E-state index in [-0.39, 0.29) is 17.6 Å². The molecule has 2 rings (SSSR count). The van der Waals surface area contributed by atoms with E-state index in [9.17, 15) is 4.79 Å². The largest absolute Gasteiger partial charge is 0.372 e. The van der Waals surface area contributed by atoms with Crippen LogP contribution in [0.4, 0.5) is 0 Å². The Bertz CT molecular complexity index is 304. The number of methoxy groups -OCH3 is 1. The molecule has 0 bridgehead atoms. The lowest BCUT2D eigenvalue weighted by molar-refractivity contribution is -0.132. The summed E-state index contributed by atoms with van der Waals surface area (Å²) in [5.41, 5.74) is 0.219. The first-order valence-electron chi connectivity index (χ1n) is 8.27. The van der Waals surface area contributed by atoms with Crippen LogP contribution < -0.4 is 5.32 Å². The van der Waals surface area contributed by atoms with Gasteiger partial charge in [-0.3, -0.25) is 9.69 Å². The minimum Gasteiger partial charge on any atom is -0.372 e. The van der Waals surface area contributed by atoms with Crippen LogP contribution in [-0.2, 0) is 9.53 Å². The number of carbonyl (C=O) groups is 1. The summed E-state index contributed by atoms with van der Waals surface area (Å²) in [6.07, 6.45) is 9.47. The van der Waals surface area contributed by atoms with E-state index in [1.54, 1.807) is 7.11 Å². The summed E-state index contributed by atoms with van der Waals surface area (Å²) >= 11 is 0. The monoisotopic (exact) mass is 282 g/mol. The molecule has 1 aliphatic heterocycles. The van der Waals surface area contributed by atoms with Crippen molar-refractivity contribution in [2.24, 2.45) is 0 Å². The second-order valence-corrected chi connectivity index (χ2v) is 6.33. The molecule has 0 aromatic rings. The van der Waals surface area contributed by atoms with Crippen LogP contribution in [0.5, 0.6) is 0 Å². The van der Waals surface area contributed by atoms with Gasteiger partial charge in [0.1, 0.15) is 6.10 Å². The standard InChI is InChI=1S/C16H30N2O2/c1-3-14(20-2)15(19)17-13-16(9-5-4-6-10-16)18-11-7-8-12-18/h14H,3-13H2,1-2H3,(H,17,19)/t14-/m1/s1. The Morgan fingerprint density at radius 1 is 1.20 bits per heavy atom. The van der Waals surface area contributed by atoms with Crippen molar-refractivity contribution in [3.8, 4) is 0 Å². The van der Waals surface area contributed by atoms with Crippen LogP contribution in [-0.4, -0.2) is 49.2 Å². The van der Waals surface area contributed by atoms with E-state index >= 15 is 0 Å². The van der Waals surface area contributed by atoms with Gasteiger partial charge in [-0.15, -0.1) is 0 Å². The Morgan fingerprint density at radius 3 is 2.40 bits per heavy atom. The number of rotatable bonds is 6. The Kier molecular flexibility index (Phi) is 5.85. The summed E-state index contributed by atoms with van der Waals surface area (Å²) in [5.74, 6) is 0.0548. The molecule has 1 heterocycles. The number of hydrogen-bond acceptors (Lipinski definition) is 3. The van der Waals surface area contributed by atoms with Crippen molar-refractivity contribution in [1.29, 1.82) is 0 Å². The maximum absolute atomic E-state index is 12.2. The Hall–Kier alpha value is -0.610. The summed E-state index contributed by atoms with van der Waals surface area (Å²) < 4.78 is 5.23. The fourth-order valence-corrected chi connectivity index (χ4v) is 3.83. The highest BCUT2D eigenvalue weighted by Crippen LogP contribution is 2.35. The van der Waals surface area contributed by atoms with Crippen LogP contribution in [0.25, 0.3) is 0 Å². The minimum atomic E-state index is -0.297. The van der Waals surface area contributed by atoms with E-state index in [0.29, 0.717) is 0 Å². The van der Waals surface area contributed by atoms with Gasteiger partial charge < -0.3 is 10.1 Å². The van der Waals surface area contributed by atoms with Crippen LogP contribution in [0.15, 0.2) is 0 Å². The van der Waals surface area contributed by atoms with Gasteiger partial charge in [-0.2, -0.15) is 0 Å². The van der Waals surface area contributed by atoms with Gasteiger partial charge in [0.2, 0.25) is 5.91 Å². The Morgan fingerprint density at radius 2 is 1.85 bits per heavy atom. The van der Waals surface area contributed by atoms with Crippen molar-refractivity contribution in [2.45, 2.75) is 69.9 Å². The third kappa shape index (κ3) is 3.53. The van der Waals surface area contributed by atoms with Crippen molar-refractivity contribution in [3.63, 3.8) is 0 Å². The highest BCUT2D eigenvalue weighted by molar-refractivity contribution is 5.80. The van der Waals surface area contributed by atoms with Crippen LogP contribution in [0.3, 0.4) is 0 Å².